The zero-order valence-corrected chi connectivity index (χ0v) is 11.0. The van der Waals surface area contributed by atoms with Gasteiger partial charge in [-0.05, 0) is 32.0 Å². The van der Waals surface area contributed by atoms with Gasteiger partial charge in [-0.25, -0.2) is 0 Å². The van der Waals surface area contributed by atoms with Crippen molar-refractivity contribution in [1.29, 1.82) is 0 Å². The molecule has 5 nitrogen and oxygen atoms in total. The summed E-state index contributed by atoms with van der Waals surface area (Å²) in [5.41, 5.74) is 1.98. The van der Waals surface area contributed by atoms with E-state index < -0.39 is 11.4 Å². The molecule has 6 heteroatoms. The molecule has 2 rings (SSSR count). The summed E-state index contributed by atoms with van der Waals surface area (Å²) in [4.78, 5) is 18.8. The zero-order chi connectivity index (χ0) is 13.1. The van der Waals surface area contributed by atoms with E-state index in [0.29, 0.717) is 28.1 Å². The van der Waals surface area contributed by atoms with Crippen molar-refractivity contribution in [2.45, 2.75) is 13.8 Å². The number of H-pyrrole nitrogens is 1. The van der Waals surface area contributed by atoms with Gasteiger partial charge >= 0.3 is 0 Å². The van der Waals surface area contributed by atoms with Crippen LogP contribution in [0.25, 0.3) is 11.0 Å². The summed E-state index contributed by atoms with van der Waals surface area (Å²) in [5, 5.41) is 0. The van der Waals surface area contributed by atoms with Gasteiger partial charge in [0.25, 0.3) is 5.56 Å². The topological polar surface area (TPSA) is 81.2 Å². The average molecular weight is 263 g/mol. The molecule has 1 N–H and O–H groups in total. The minimum absolute atomic E-state index is 0.246. The highest BCUT2D eigenvalue weighted by Crippen LogP contribution is 2.08. The maximum Gasteiger partial charge on any atom is 0.257 e. The van der Waals surface area contributed by atoms with Crippen molar-refractivity contribution in [2.24, 2.45) is 4.40 Å². The van der Waals surface area contributed by atoms with Gasteiger partial charge in [0, 0.05) is 6.20 Å². The number of aromatic nitrogens is 2. The Morgan fingerprint density at radius 3 is 3.11 bits per heavy atom. The Balaban J connectivity index is 2.54. The number of fused-ring (bicyclic) bond motifs is 1. The molecule has 0 radical (unpaired) electrons. The van der Waals surface area contributed by atoms with Crippen molar-refractivity contribution >= 4 is 28.1 Å². The Morgan fingerprint density at radius 2 is 2.39 bits per heavy atom. The van der Waals surface area contributed by atoms with E-state index in [0.717, 1.165) is 0 Å². The van der Waals surface area contributed by atoms with Crippen molar-refractivity contribution in [3.8, 4) is 0 Å². The Bertz CT molecular complexity index is 651. The number of aromatic amines is 1. The van der Waals surface area contributed by atoms with E-state index >= 15 is 0 Å². The van der Waals surface area contributed by atoms with Gasteiger partial charge in [-0.15, -0.1) is 0 Å². The average Bonchev–Trinajstić information content (AvgIpc) is 2.37. The summed E-state index contributed by atoms with van der Waals surface area (Å²) in [5.74, 6) is 0.432. The van der Waals surface area contributed by atoms with Gasteiger partial charge in [-0.2, -0.15) is 0 Å². The molecule has 2 aromatic heterocycles. The highest BCUT2D eigenvalue weighted by atomic mass is 32.2. The largest absolute Gasteiger partial charge is 0.591 e. The molecule has 0 saturated heterocycles. The Morgan fingerprint density at radius 1 is 1.61 bits per heavy atom. The monoisotopic (exact) mass is 263 g/mol. The summed E-state index contributed by atoms with van der Waals surface area (Å²) < 4.78 is 15.3. The van der Waals surface area contributed by atoms with Crippen molar-refractivity contribution in [3.63, 3.8) is 0 Å². The maximum atomic E-state index is 11.9. The minimum Gasteiger partial charge on any atom is -0.591 e. The highest BCUT2D eigenvalue weighted by Gasteiger charge is 2.10. The molecule has 2 heterocycles. The summed E-state index contributed by atoms with van der Waals surface area (Å²) >= 11 is -1.28. The molecule has 0 fully saturated rings. The molecule has 0 amide bonds. The lowest BCUT2D eigenvalue weighted by molar-refractivity contribution is 0.598. The van der Waals surface area contributed by atoms with E-state index in [9.17, 15) is 9.35 Å². The predicted octanol–water partition coefficient (Wildman–Crippen LogP) is 1.42. The van der Waals surface area contributed by atoms with Gasteiger partial charge in [0.05, 0.1) is 28.0 Å². The zero-order valence-electron chi connectivity index (χ0n) is 10.1. The predicted molar refractivity (Wildman–Crippen MR) is 73.3 cm³/mol. The second-order valence-electron chi connectivity index (χ2n) is 3.74. The summed E-state index contributed by atoms with van der Waals surface area (Å²) in [7, 11) is 0. The smallest absolute Gasteiger partial charge is 0.257 e. The first-order valence-electron chi connectivity index (χ1n) is 5.54. The van der Waals surface area contributed by atoms with Crippen LogP contribution in [0.1, 0.15) is 19.4 Å². The van der Waals surface area contributed by atoms with E-state index in [4.69, 9.17) is 0 Å². The summed E-state index contributed by atoms with van der Waals surface area (Å²) in [6.07, 6.45) is 1.65. The van der Waals surface area contributed by atoms with Crippen molar-refractivity contribution in [2.75, 3.05) is 5.75 Å². The molecule has 0 saturated carbocycles. The SMILES string of the molecule is CC[S@@+]([O-])/N=C(\C)c1cc2ncccc2[nH]c1=O. The van der Waals surface area contributed by atoms with E-state index in [1.807, 2.05) is 0 Å². The fraction of sp³-hybridized carbons (Fsp3) is 0.250. The van der Waals surface area contributed by atoms with E-state index in [1.165, 1.54) is 0 Å². The number of hydrogen-bond donors (Lipinski definition) is 1. The first-order chi connectivity index (χ1) is 8.61. The fourth-order valence-electron chi connectivity index (χ4n) is 1.57. The third-order valence-corrected chi connectivity index (χ3v) is 3.46. The van der Waals surface area contributed by atoms with E-state index in [1.54, 1.807) is 38.2 Å². The molecule has 94 valence electrons. The van der Waals surface area contributed by atoms with Gasteiger partial charge < -0.3 is 9.54 Å². The Kier molecular flexibility index (Phi) is 3.78. The molecule has 0 bridgehead atoms. The lowest BCUT2D eigenvalue weighted by Crippen LogP contribution is -2.17. The van der Waals surface area contributed by atoms with Crippen molar-refractivity contribution in [3.05, 3.63) is 40.3 Å². The molecule has 18 heavy (non-hydrogen) atoms. The van der Waals surface area contributed by atoms with Gasteiger partial charge in [0.15, 0.2) is 0 Å². The summed E-state index contributed by atoms with van der Waals surface area (Å²) in [6, 6.07) is 5.20. The standard InChI is InChI=1S/C12H13N3O2S/c1-3-18(17)15-8(2)9-7-11-10(14-12(9)16)5-4-6-13-11/h4-7H,3H2,1-2H3,(H,14,16)/b15-8+/t18-/m1/s1. The molecular weight excluding hydrogens is 250 g/mol. The lowest BCUT2D eigenvalue weighted by atomic mass is 10.1. The van der Waals surface area contributed by atoms with Crippen LogP contribution in [0.3, 0.4) is 0 Å². The number of nitrogens with zero attached hydrogens (tertiary/aromatic N) is 2. The van der Waals surface area contributed by atoms with Gasteiger partial charge in [0.2, 0.25) is 0 Å². The van der Waals surface area contributed by atoms with Crippen molar-refractivity contribution in [1.82, 2.24) is 9.97 Å². The van der Waals surface area contributed by atoms with Crippen LogP contribution >= 0.6 is 0 Å². The highest BCUT2D eigenvalue weighted by molar-refractivity contribution is 7.90. The van der Waals surface area contributed by atoms with Crippen LogP contribution in [0.5, 0.6) is 0 Å². The quantitative estimate of drug-likeness (QED) is 0.671. The molecule has 0 spiro atoms. The number of nitrogens with one attached hydrogen (secondary N) is 1. The third kappa shape index (κ3) is 2.60. The molecule has 0 aliphatic carbocycles. The third-order valence-electron chi connectivity index (χ3n) is 2.49. The van der Waals surface area contributed by atoms with Gasteiger partial charge in [-0.3, -0.25) is 9.78 Å². The molecule has 0 unspecified atom stereocenters. The lowest BCUT2D eigenvalue weighted by Gasteiger charge is -2.03. The van der Waals surface area contributed by atoms with Gasteiger partial charge in [0.1, 0.15) is 11.5 Å². The summed E-state index contributed by atoms with van der Waals surface area (Å²) in [6.45, 7) is 3.45. The van der Waals surface area contributed by atoms with Crippen LogP contribution in [-0.4, -0.2) is 26.0 Å². The number of rotatable bonds is 3. The number of hydrogen-bond acceptors (Lipinski definition) is 4. The molecule has 2 aromatic rings. The van der Waals surface area contributed by atoms with Gasteiger partial charge in [-0.1, -0.05) is 4.40 Å². The number of pyridine rings is 2. The van der Waals surface area contributed by atoms with Crippen LogP contribution in [0.4, 0.5) is 0 Å². The second kappa shape index (κ2) is 5.32. The molecule has 0 aliphatic rings. The minimum atomic E-state index is -1.28. The molecule has 0 aromatic carbocycles. The molecule has 0 aliphatic heterocycles. The maximum absolute atomic E-state index is 11.9. The van der Waals surface area contributed by atoms with Crippen LogP contribution < -0.4 is 5.56 Å². The Labute approximate surface area is 107 Å². The van der Waals surface area contributed by atoms with E-state index in [2.05, 4.69) is 14.4 Å². The first-order valence-corrected chi connectivity index (χ1v) is 6.81. The second-order valence-corrected chi connectivity index (χ2v) is 5.14. The van der Waals surface area contributed by atoms with E-state index in [-0.39, 0.29) is 5.56 Å². The van der Waals surface area contributed by atoms with Crippen molar-refractivity contribution < 1.29 is 4.55 Å². The Hall–Kier alpha value is -1.66. The van der Waals surface area contributed by atoms with Crippen LogP contribution in [0, 0.1) is 0 Å². The first kappa shape index (κ1) is 12.8. The van der Waals surface area contributed by atoms with Crippen LogP contribution in [-0.2, 0) is 11.4 Å². The van der Waals surface area contributed by atoms with Crippen LogP contribution in [0.15, 0.2) is 33.6 Å². The molecular formula is C12H13N3O2S. The fourth-order valence-corrected chi connectivity index (χ4v) is 2.10. The van der Waals surface area contributed by atoms with Crippen LogP contribution in [0.2, 0.25) is 0 Å². The molecule has 1 atom stereocenters. The normalized spacial score (nSPS) is 13.8.